The van der Waals surface area contributed by atoms with Crippen LogP contribution >= 0.6 is 15.9 Å². The topological polar surface area (TPSA) is 38.8 Å². The highest BCUT2D eigenvalue weighted by Gasteiger charge is 2.34. The van der Waals surface area contributed by atoms with Crippen LogP contribution in [0.5, 0.6) is 11.5 Å². The highest BCUT2D eigenvalue weighted by Crippen LogP contribution is 2.36. The molecule has 0 bridgehead atoms. The van der Waals surface area contributed by atoms with Crippen LogP contribution < -0.4 is 9.47 Å². The number of hydrogen-bond acceptors (Lipinski definition) is 3. The van der Waals surface area contributed by atoms with Gasteiger partial charge in [-0.3, -0.25) is 4.79 Å². The minimum Gasteiger partial charge on any atom is -0.486 e. The zero-order valence-corrected chi connectivity index (χ0v) is 12.2. The van der Waals surface area contributed by atoms with E-state index in [1.54, 1.807) is 0 Å². The van der Waals surface area contributed by atoms with E-state index < -0.39 is 0 Å². The van der Waals surface area contributed by atoms with Gasteiger partial charge in [0, 0.05) is 17.9 Å². The second-order valence-electron chi connectivity index (χ2n) is 4.75. The van der Waals surface area contributed by atoms with Crippen molar-refractivity contribution in [3.8, 4) is 11.5 Å². The van der Waals surface area contributed by atoms with Crippen LogP contribution in [-0.2, 0) is 0 Å². The lowest BCUT2D eigenvalue weighted by molar-refractivity contribution is 0.0744. The molecule has 0 N–H and O–H groups in total. The number of carbonyl (C=O) groups excluding carboxylic acids is 1. The second-order valence-corrected chi connectivity index (χ2v) is 5.54. The molecule has 0 radical (unpaired) electrons. The number of amides is 1. The molecule has 0 atom stereocenters. The molecule has 1 fully saturated rings. The Bertz CT molecular complexity index is 488. The summed E-state index contributed by atoms with van der Waals surface area (Å²) in [6.45, 7) is 1.77. The Balaban J connectivity index is 1.90. The zero-order chi connectivity index (χ0) is 13.2. The van der Waals surface area contributed by atoms with Gasteiger partial charge in [0.05, 0.1) is 5.56 Å². The van der Waals surface area contributed by atoms with Crippen molar-refractivity contribution in [1.29, 1.82) is 0 Å². The van der Waals surface area contributed by atoms with Gasteiger partial charge in [0.25, 0.3) is 5.91 Å². The summed E-state index contributed by atoms with van der Waals surface area (Å²) < 4.78 is 11.1. The second kappa shape index (κ2) is 5.41. The summed E-state index contributed by atoms with van der Waals surface area (Å²) in [6.07, 6.45) is 2.20. The van der Waals surface area contributed by atoms with E-state index in [1.807, 2.05) is 23.1 Å². The molecule has 1 aromatic rings. The van der Waals surface area contributed by atoms with Crippen molar-refractivity contribution in [2.45, 2.75) is 18.9 Å². The number of para-hydroxylation sites is 1. The van der Waals surface area contributed by atoms with Crippen LogP contribution in [0.2, 0.25) is 0 Å². The normalized spacial score (nSPS) is 17.1. The van der Waals surface area contributed by atoms with Crippen molar-refractivity contribution >= 4 is 21.8 Å². The maximum Gasteiger partial charge on any atom is 0.258 e. The number of nitrogens with zero attached hydrogens (tertiary/aromatic N) is 1. The fraction of sp³-hybridized carbons (Fsp3) is 0.500. The highest BCUT2D eigenvalue weighted by molar-refractivity contribution is 9.09. The molecule has 2 aliphatic rings. The van der Waals surface area contributed by atoms with Crippen molar-refractivity contribution in [3.63, 3.8) is 0 Å². The average molecular weight is 326 g/mol. The van der Waals surface area contributed by atoms with Gasteiger partial charge in [0.2, 0.25) is 0 Å². The van der Waals surface area contributed by atoms with Gasteiger partial charge in [0.15, 0.2) is 11.5 Å². The fourth-order valence-corrected chi connectivity index (χ4v) is 2.71. The third-order valence-corrected chi connectivity index (χ3v) is 3.73. The standard InChI is InChI=1S/C14H16BrNO3/c15-6-7-16(10-4-5-10)14(17)11-2-1-3-12-13(11)19-9-8-18-12/h1-3,10H,4-9H2. The molecule has 1 aliphatic heterocycles. The summed E-state index contributed by atoms with van der Waals surface area (Å²) in [6, 6.07) is 5.90. The van der Waals surface area contributed by atoms with E-state index in [2.05, 4.69) is 15.9 Å². The molecule has 1 saturated carbocycles. The number of alkyl halides is 1. The van der Waals surface area contributed by atoms with Gasteiger partial charge in [-0.15, -0.1) is 0 Å². The molecule has 1 amide bonds. The first-order valence-electron chi connectivity index (χ1n) is 6.57. The van der Waals surface area contributed by atoms with E-state index in [4.69, 9.17) is 9.47 Å². The predicted molar refractivity (Wildman–Crippen MR) is 75.3 cm³/mol. The summed E-state index contributed by atoms with van der Waals surface area (Å²) in [5, 5.41) is 0.793. The van der Waals surface area contributed by atoms with Crippen molar-refractivity contribution < 1.29 is 14.3 Å². The van der Waals surface area contributed by atoms with Crippen LogP contribution in [0.1, 0.15) is 23.2 Å². The van der Waals surface area contributed by atoms with E-state index >= 15 is 0 Å². The third kappa shape index (κ3) is 2.56. The number of benzene rings is 1. The molecule has 4 nitrogen and oxygen atoms in total. The van der Waals surface area contributed by atoms with Crippen LogP contribution in [0.25, 0.3) is 0 Å². The van der Waals surface area contributed by atoms with Crippen LogP contribution in [-0.4, -0.2) is 41.9 Å². The maximum atomic E-state index is 12.7. The number of rotatable bonds is 4. The molecule has 0 saturated heterocycles. The van der Waals surface area contributed by atoms with Crippen molar-refractivity contribution in [2.75, 3.05) is 25.1 Å². The molecule has 1 aliphatic carbocycles. The fourth-order valence-electron chi connectivity index (χ4n) is 2.32. The lowest BCUT2D eigenvalue weighted by Gasteiger charge is -2.25. The van der Waals surface area contributed by atoms with Gasteiger partial charge >= 0.3 is 0 Å². The Morgan fingerprint density at radius 2 is 2.11 bits per heavy atom. The quantitative estimate of drug-likeness (QED) is 0.798. The van der Waals surface area contributed by atoms with Crippen LogP contribution in [0.15, 0.2) is 18.2 Å². The molecule has 0 unspecified atom stereocenters. The minimum atomic E-state index is 0.0456. The van der Waals surface area contributed by atoms with E-state index in [0.29, 0.717) is 36.3 Å². The summed E-state index contributed by atoms with van der Waals surface area (Å²) in [7, 11) is 0. The maximum absolute atomic E-state index is 12.7. The van der Waals surface area contributed by atoms with Gasteiger partial charge in [-0.25, -0.2) is 0 Å². The van der Waals surface area contributed by atoms with Crippen molar-refractivity contribution in [1.82, 2.24) is 4.90 Å². The number of carbonyl (C=O) groups is 1. The Hall–Kier alpha value is -1.23. The van der Waals surface area contributed by atoms with Crippen LogP contribution in [0.4, 0.5) is 0 Å². The van der Waals surface area contributed by atoms with Gasteiger partial charge in [0.1, 0.15) is 13.2 Å². The average Bonchev–Trinajstić information content (AvgIpc) is 3.28. The summed E-state index contributed by atoms with van der Waals surface area (Å²) in [4.78, 5) is 14.6. The minimum absolute atomic E-state index is 0.0456. The number of halogens is 1. The first kappa shape index (κ1) is 12.8. The molecule has 102 valence electrons. The van der Waals surface area contributed by atoms with Gasteiger partial charge in [-0.2, -0.15) is 0 Å². The van der Waals surface area contributed by atoms with E-state index in [-0.39, 0.29) is 5.91 Å². The Kier molecular flexibility index (Phi) is 3.64. The number of hydrogen-bond donors (Lipinski definition) is 0. The largest absolute Gasteiger partial charge is 0.486 e. The monoisotopic (exact) mass is 325 g/mol. The zero-order valence-electron chi connectivity index (χ0n) is 10.6. The van der Waals surface area contributed by atoms with E-state index in [0.717, 1.165) is 24.7 Å². The molecule has 0 spiro atoms. The van der Waals surface area contributed by atoms with Crippen LogP contribution in [0.3, 0.4) is 0 Å². The van der Waals surface area contributed by atoms with Crippen LogP contribution in [0, 0.1) is 0 Å². The smallest absolute Gasteiger partial charge is 0.258 e. The van der Waals surface area contributed by atoms with Crippen molar-refractivity contribution in [3.05, 3.63) is 23.8 Å². The van der Waals surface area contributed by atoms with Gasteiger partial charge < -0.3 is 14.4 Å². The van der Waals surface area contributed by atoms with E-state index in [9.17, 15) is 4.79 Å². The Labute approximate surface area is 120 Å². The Morgan fingerprint density at radius 1 is 1.32 bits per heavy atom. The first-order chi connectivity index (χ1) is 9.31. The lowest BCUT2D eigenvalue weighted by Crippen LogP contribution is -2.35. The third-order valence-electron chi connectivity index (χ3n) is 3.37. The number of fused-ring (bicyclic) bond motifs is 1. The van der Waals surface area contributed by atoms with Gasteiger partial charge in [-0.1, -0.05) is 22.0 Å². The molecule has 1 heterocycles. The predicted octanol–water partition coefficient (Wildman–Crippen LogP) is 2.46. The molecular formula is C14H16BrNO3. The summed E-state index contributed by atoms with van der Waals surface area (Å²) in [5.41, 5.74) is 0.616. The van der Waals surface area contributed by atoms with Crippen molar-refractivity contribution in [2.24, 2.45) is 0 Å². The molecular weight excluding hydrogens is 310 g/mol. The summed E-state index contributed by atoms with van der Waals surface area (Å²) >= 11 is 3.41. The molecule has 1 aromatic carbocycles. The van der Waals surface area contributed by atoms with E-state index in [1.165, 1.54) is 0 Å². The SMILES string of the molecule is O=C(c1cccc2c1OCCO2)N(CCBr)C1CC1. The molecule has 19 heavy (non-hydrogen) atoms. The van der Waals surface area contributed by atoms with Gasteiger partial charge in [-0.05, 0) is 25.0 Å². The first-order valence-corrected chi connectivity index (χ1v) is 7.69. The molecule has 0 aromatic heterocycles. The number of ether oxygens (including phenoxy) is 2. The highest BCUT2D eigenvalue weighted by atomic mass is 79.9. The summed E-state index contributed by atoms with van der Waals surface area (Å²) in [5.74, 6) is 1.31. The molecule has 5 heteroatoms. The Morgan fingerprint density at radius 3 is 2.84 bits per heavy atom. The molecule has 3 rings (SSSR count). The lowest BCUT2D eigenvalue weighted by atomic mass is 10.1.